The summed E-state index contributed by atoms with van der Waals surface area (Å²) in [6, 6.07) is 3.28. The van der Waals surface area contributed by atoms with Crippen molar-refractivity contribution in [1.29, 1.82) is 0 Å². The zero-order valence-electron chi connectivity index (χ0n) is 7.81. The van der Waals surface area contributed by atoms with E-state index in [1.807, 2.05) is 0 Å². The molecule has 0 saturated carbocycles. The summed E-state index contributed by atoms with van der Waals surface area (Å²) in [5.74, 6) is 0. The van der Waals surface area contributed by atoms with Gasteiger partial charge in [-0.3, -0.25) is 4.98 Å². The molecule has 0 aliphatic rings. The van der Waals surface area contributed by atoms with Crippen molar-refractivity contribution in [2.24, 2.45) is 0 Å². The third-order valence-corrected chi connectivity index (χ3v) is 2.03. The molecule has 2 rings (SSSR count). The summed E-state index contributed by atoms with van der Waals surface area (Å²) in [4.78, 5) is 15.3. The number of halogens is 1. The lowest BCUT2D eigenvalue weighted by Gasteiger charge is -1.97. The van der Waals surface area contributed by atoms with Crippen molar-refractivity contribution in [2.75, 3.05) is 0 Å². The lowest BCUT2D eigenvalue weighted by atomic mass is 10.2. The fourth-order valence-electron chi connectivity index (χ4n) is 1.32. The van der Waals surface area contributed by atoms with Gasteiger partial charge in [0.1, 0.15) is 5.58 Å². The molecule has 0 amide bonds. The Morgan fingerprint density at radius 3 is 3.20 bits per heavy atom. The Bertz CT molecular complexity index is 560. The van der Waals surface area contributed by atoms with E-state index in [9.17, 15) is 9.18 Å². The maximum atomic E-state index is 11.8. The molecule has 0 N–H and O–H groups in total. The zero-order valence-corrected chi connectivity index (χ0v) is 7.81. The minimum absolute atomic E-state index is 0.226. The van der Waals surface area contributed by atoms with Gasteiger partial charge >= 0.3 is 5.63 Å². The number of hydrogen-bond acceptors (Lipinski definition) is 3. The number of hydrogen-bond donors (Lipinski definition) is 0. The molecular weight excluding hydrogens is 197 g/mol. The van der Waals surface area contributed by atoms with E-state index in [-0.39, 0.29) is 6.42 Å². The highest BCUT2D eigenvalue weighted by atomic mass is 19.1. The molecular formula is C11H8FNO2. The minimum atomic E-state index is -0.438. The number of allylic oxidation sites excluding steroid dienone is 1. The van der Waals surface area contributed by atoms with Gasteiger partial charge in [0.15, 0.2) is 0 Å². The maximum Gasteiger partial charge on any atom is 0.339 e. The molecule has 4 heteroatoms. The van der Waals surface area contributed by atoms with Crippen molar-refractivity contribution in [2.45, 2.75) is 6.42 Å². The second-order valence-electron chi connectivity index (χ2n) is 3.04. The normalized spacial score (nSPS) is 11.3. The van der Waals surface area contributed by atoms with Crippen LogP contribution >= 0.6 is 0 Å². The van der Waals surface area contributed by atoms with Crippen LogP contribution in [0, 0.1) is 0 Å². The number of aromatic nitrogens is 1. The second-order valence-corrected chi connectivity index (χ2v) is 3.04. The molecule has 0 fully saturated rings. The van der Waals surface area contributed by atoms with E-state index in [2.05, 4.69) is 4.98 Å². The predicted molar refractivity (Wildman–Crippen MR) is 54.2 cm³/mol. The van der Waals surface area contributed by atoms with Crippen molar-refractivity contribution < 1.29 is 8.81 Å². The summed E-state index contributed by atoms with van der Waals surface area (Å²) in [6.07, 6.45) is 5.04. The van der Waals surface area contributed by atoms with Gasteiger partial charge in [0.25, 0.3) is 0 Å². The molecule has 15 heavy (non-hydrogen) atoms. The molecule has 0 aliphatic heterocycles. The van der Waals surface area contributed by atoms with Gasteiger partial charge < -0.3 is 4.42 Å². The summed E-state index contributed by atoms with van der Waals surface area (Å²) < 4.78 is 16.8. The van der Waals surface area contributed by atoms with Crippen molar-refractivity contribution in [3.63, 3.8) is 0 Å². The maximum absolute atomic E-state index is 11.8. The van der Waals surface area contributed by atoms with E-state index >= 15 is 0 Å². The van der Waals surface area contributed by atoms with Gasteiger partial charge in [0.05, 0.1) is 6.33 Å². The van der Waals surface area contributed by atoms with E-state index in [0.29, 0.717) is 17.5 Å². The lowest BCUT2D eigenvalue weighted by Crippen LogP contribution is -2.05. The van der Waals surface area contributed by atoms with Gasteiger partial charge in [-0.05, 0) is 12.1 Å². The van der Waals surface area contributed by atoms with Gasteiger partial charge in [0, 0.05) is 29.8 Å². The van der Waals surface area contributed by atoms with Crippen LogP contribution in [-0.4, -0.2) is 4.98 Å². The molecule has 0 radical (unpaired) electrons. The smallest absolute Gasteiger partial charge is 0.339 e. The van der Waals surface area contributed by atoms with Crippen LogP contribution in [0.25, 0.3) is 11.0 Å². The highest BCUT2D eigenvalue weighted by Crippen LogP contribution is 2.11. The van der Waals surface area contributed by atoms with Crippen LogP contribution < -0.4 is 5.63 Å². The topological polar surface area (TPSA) is 43.1 Å². The molecule has 0 atom stereocenters. The Labute approximate surface area is 84.9 Å². The molecule has 76 valence electrons. The zero-order chi connectivity index (χ0) is 10.7. The summed E-state index contributed by atoms with van der Waals surface area (Å²) in [6.45, 7) is 0. The number of rotatable bonds is 2. The van der Waals surface area contributed by atoms with Crippen LogP contribution in [0.15, 0.2) is 46.1 Å². The minimum Gasteiger partial charge on any atom is -0.422 e. The first kappa shape index (κ1) is 9.58. The highest BCUT2D eigenvalue weighted by Gasteiger charge is 2.03. The Balaban J connectivity index is 2.57. The van der Waals surface area contributed by atoms with Crippen LogP contribution in [0.1, 0.15) is 5.56 Å². The molecule has 0 aromatic carbocycles. The SMILES string of the molecule is O=c1oc2ccncc2cc1C/C=C/F. The van der Waals surface area contributed by atoms with E-state index in [1.54, 1.807) is 24.5 Å². The number of pyridine rings is 1. The third kappa shape index (κ3) is 1.93. The number of nitrogens with zero attached hydrogens (tertiary/aromatic N) is 1. The lowest BCUT2D eigenvalue weighted by molar-refractivity contribution is 0.552. The first-order valence-electron chi connectivity index (χ1n) is 4.43. The molecule has 2 heterocycles. The molecule has 2 aromatic rings. The predicted octanol–water partition coefficient (Wildman–Crippen LogP) is 2.21. The van der Waals surface area contributed by atoms with E-state index in [0.717, 1.165) is 5.39 Å². The van der Waals surface area contributed by atoms with E-state index in [4.69, 9.17) is 4.42 Å². The van der Waals surface area contributed by atoms with Gasteiger partial charge in [-0.1, -0.05) is 6.08 Å². The van der Waals surface area contributed by atoms with Crippen molar-refractivity contribution in [3.8, 4) is 0 Å². The summed E-state index contributed by atoms with van der Waals surface area (Å²) in [7, 11) is 0. The van der Waals surface area contributed by atoms with Gasteiger partial charge in [-0.25, -0.2) is 9.18 Å². The first-order valence-corrected chi connectivity index (χ1v) is 4.43. The standard InChI is InChI=1S/C11H8FNO2/c12-4-1-2-8-6-9-7-13-5-3-10(9)15-11(8)14/h1,3-7H,2H2/b4-1+. The van der Waals surface area contributed by atoms with Crippen molar-refractivity contribution in [1.82, 2.24) is 4.98 Å². The third-order valence-electron chi connectivity index (χ3n) is 2.03. The van der Waals surface area contributed by atoms with Gasteiger partial charge in [0.2, 0.25) is 0 Å². The Hall–Kier alpha value is -1.97. The molecule has 0 bridgehead atoms. The van der Waals surface area contributed by atoms with Crippen LogP contribution in [0.3, 0.4) is 0 Å². The fourth-order valence-corrected chi connectivity index (χ4v) is 1.32. The molecule has 0 aliphatic carbocycles. The van der Waals surface area contributed by atoms with Crippen LogP contribution in [0.5, 0.6) is 0 Å². The monoisotopic (exact) mass is 205 g/mol. The Morgan fingerprint density at radius 1 is 1.53 bits per heavy atom. The second kappa shape index (κ2) is 4.04. The molecule has 3 nitrogen and oxygen atoms in total. The van der Waals surface area contributed by atoms with Gasteiger partial charge in [-0.2, -0.15) is 0 Å². The van der Waals surface area contributed by atoms with Crippen LogP contribution in [0.4, 0.5) is 4.39 Å². The van der Waals surface area contributed by atoms with Crippen LogP contribution in [-0.2, 0) is 6.42 Å². The molecule has 0 unspecified atom stereocenters. The van der Waals surface area contributed by atoms with Crippen LogP contribution in [0.2, 0.25) is 0 Å². The molecule has 2 aromatic heterocycles. The first-order chi connectivity index (χ1) is 7.31. The van der Waals surface area contributed by atoms with Crippen molar-refractivity contribution >= 4 is 11.0 Å². The summed E-state index contributed by atoms with van der Waals surface area (Å²) in [5.41, 5.74) is 0.471. The van der Waals surface area contributed by atoms with Gasteiger partial charge in [-0.15, -0.1) is 0 Å². The fraction of sp³-hybridized carbons (Fsp3) is 0.0909. The highest BCUT2D eigenvalue weighted by molar-refractivity contribution is 5.75. The quantitative estimate of drug-likeness (QED) is 0.754. The Kier molecular flexibility index (Phi) is 2.58. The van der Waals surface area contributed by atoms with E-state index < -0.39 is 5.63 Å². The molecule has 0 spiro atoms. The average Bonchev–Trinajstić information content (AvgIpc) is 2.26. The molecule has 0 saturated heterocycles. The summed E-state index contributed by atoms with van der Waals surface area (Å²) >= 11 is 0. The van der Waals surface area contributed by atoms with E-state index in [1.165, 1.54) is 6.08 Å². The Morgan fingerprint density at radius 2 is 2.40 bits per heavy atom. The number of fused-ring (bicyclic) bond motifs is 1. The summed E-state index contributed by atoms with van der Waals surface area (Å²) in [5, 5.41) is 0.736. The average molecular weight is 205 g/mol. The van der Waals surface area contributed by atoms with Crippen molar-refractivity contribution in [3.05, 3.63) is 52.9 Å². The largest absolute Gasteiger partial charge is 0.422 e.